The second-order valence-electron chi connectivity index (χ2n) is 5.93. The molecule has 1 atom stereocenters. The van der Waals surface area contributed by atoms with Gasteiger partial charge in [-0.3, -0.25) is 9.69 Å². The van der Waals surface area contributed by atoms with Gasteiger partial charge in [-0.05, 0) is 61.9 Å². The van der Waals surface area contributed by atoms with Crippen LogP contribution in [0.3, 0.4) is 0 Å². The Morgan fingerprint density at radius 1 is 1.26 bits per heavy atom. The highest BCUT2D eigenvalue weighted by atomic mass is 16.1. The molecule has 0 bridgehead atoms. The Balaban J connectivity index is 1.72. The molecule has 1 aliphatic carbocycles. The predicted octanol–water partition coefficient (Wildman–Crippen LogP) is 1.87. The predicted molar refractivity (Wildman–Crippen MR) is 75.7 cm³/mol. The van der Waals surface area contributed by atoms with Gasteiger partial charge in [-0.15, -0.1) is 0 Å². The fraction of sp³-hybridized carbons (Fsp3) is 0.562. The maximum Gasteiger partial charge on any atom is 0.220 e. The molecule has 2 aliphatic rings. The lowest BCUT2D eigenvalue weighted by Crippen LogP contribution is -2.28. The Bertz CT molecular complexity index is 478. The van der Waals surface area contributed by atoms with E-state index in [1.807, 2.05) is 0 Å². The van der Waals surface area contributed by atoms with Gasteiger partial charge >= 0.3 is 0 Å². The van der Waals surface area contributed by atoms with Gasteiger partial charge in [0.05, 0.1) is 0 Å². The molecule has 1 saturated heterocycles. The van der Waals surface area contributed by atoms with E-state index in [2.05, 4.69) is 23.1 Å². The molecule has 0 unspecified atom stereocenters. The number of fused-ring (bicyclic) bond motifs is 1. The third-order valence-corrected chi connectivity index (χ3v) is 4.51. The molecule has 0 aromatic heterocycles. The molecular weight excluding hydrogens is 236 g/mol. The first kappa shape index (κ1) is 12.7. The number of hydrogen-bond donors (Lipinski definition) is 1. The third kappa shape index (κ3) is 2.81. The van der Waals surface area contributed by atoms with Crippen molar-refractivity contribution in [2.75, 3.05) is 13.1 Å². The lowest BCUT2D eigenvalue weighted by Gasteiger charge is -2.23. The summed E-state index contributed by atoms with van der Waals surface area (Å²) in [6, 6.07) is 6.77. The van der Waals surface area contributed by atoms with Crippen molar-refractivity contribution in [3.8, 4) is 0 Å². The fourth-order valence-electron chi connectivity index (χ4n) is 3.35. The molecule has 1 fully saturated rings. The van der Waals surface area contributed by atoms with Gasteiger partial charge in [-0.1, -0.05) is 18.2 Å². The van der Waals surface area contributed by atoms with Gasteiger partial charge in [0.25, 0.3) is 0 Å². The minimum atomic E-state index is -0.146. The third-order valence-electron chi connectivity index (χ3n) is 4.51. The lowest BCUT2D eigenvalue weighted by atomic mass is 9.83. The monoisotopic (exact) mass is 258 g/mol. The number of nitrogens with zero attached hydrogens (tertiary/aromatic N) is 1. The highest BCUT2D eigenvalue weighted by Gasteiger charge is 2.23. The van der Waals surface area contributed by atoms with Crippen molar-refractivity contribution in [1.29, 1.82) is 0 Å². The maximum absolute atomic E-state index is 11.3. The quantitative estimate of drug-likeness (QED) is 0.899. The summed E-state index contributed by atoms with van der Waals surface area (Å²) in [6.45, 7) is 3.55. The van der Waals surface area contributed by atoms with Gasteiger partial charge in [-0.2, -0.15) is 0 Å². The van der Waals surface area contributed by atoms with E-state index in [1.165, 1.54) is 42.6 Å². The molecule has 3 nitrogen and oxygen atoms in total. The van der Waals surface area contributed by atoms with E-state index in [-0.39, 0.29) is 11.8 Å². The van der Waals surface area contributed by atoms with Crippen molar-refractivity contribution in [3.63, 3.8) is 0 Å². The number of hydrogen-bond acceptors (Lipinski definition) is 2. The van der Waals surface area contributed by atoms with Crippen LogP contribution in [-0.4, -0.2) is 23.9 Å². The Labute approximate surface area is 114 Å². The number of benzene rings is 1. The lowest BCUT2D eigenvalue weighted by molar-refractivity contribution is -0.122. The van der Waals surface area contributed by atoms with Gasteiger partial charge in [-0.25, -0.2) is 0 Å². The molecule has 2 N–H and O–H groups in total. The van der Waals surface area contributed by atoms with Gasteiger partial charge in [0, 0.05) is 12.5 Å². The van der Waals surface area contributed by atoms with Crippen molar-refractivity contribution < 1.29 is 4.79 Å². The Kier molecular flexibility index (Phi) is 3.56. The van der Waals surface area contributed by atoms with Crippen LogP contribution >= 0.6 is 0 Å². The van der Waals surface area contributed by atoms with E-state index in [0.29, 0.717) is 0 Å². The summed E-state index contributed by atoms with van der Waals surface area (Å²) in [5.74, 6) is -0.108. The molecule has 0 spiro atoms. The molecular formula is C16H22N2O. The first-order valence-corrected chi connectivity index (χ1v) is 7.35. The molecule has 0 radical (unpaired) electrons. The van der Waals surface area contributed by atoms with Crippen LogP contribution in [0.25, 0.3) is 0 Å². The van der Waals surface area contributed by atoms with Crippen molar-refractivity contribution in [2.24, 2.45) is 11.7 Å². The molecule has 3 heteroatoms. The van der Waals surface area contributed by atoms with Crippen LogP contribution < -0.4 is 5.73 Å². The summed E-state index contributed by atoms with van der Waals surface area (Å²) in [7, 11) is 0. The summed E-state index contributed by atoms with van der Waals surface area (Å²) in [6.07, 6.45) is 5.41. The maximum atomic E-state index is 11.3. The summed E-state index contributed by atoms with van der Waals surface area (Å²) in [5, 5.41) is 0. The van der Waals surface area contributed by atoms with Crippen molar-refractivity contribution >= 4 is 5.91 Å². The second kappa shape index (κ2) is 5.33. The number of carbonyl (C=O) groups is 1. The zero-order valence-corrected chi connectivity index (χ0v) is 11.4. The molecule has 102 valence electrons. The number of nitrogens with two attached hydrogens (primary N) is 1. The van der Waals surface area contributed by atoms with E-state index >= 15 is 0 Å². The molecule has 0 saturated carbocycles. The van der Waals surface area contributed by atoms with Gasteiger partial charge in [0.15, 0.2) is 0 Å². The van der Waals surface area contributed by atoms with Gasteiger partial charge in [0.1, 0.15) is 0 Å². The van der Waals surface area contributed by atoms with Gasteiger partial charge < -0.3 is 5.73 Å². The highest BCUT2D eigenvalue weighted by Crippen LogP contribution is 2.27. The van der Waals surface area contributed by atoms with Crippen LogP contribution in [-0.2, 0) is 24.2 Å². The number of likely N-dealkylation sites (tertiary alicyclic amines) is 1. The van der Waals surface area contributed by atoms with Crippen LogP contribution in [0.15, 0.2) is 18.2 Å². The minimum Gasteiger partial charge on any atom is -0.369 e. The normalized spacial score (nSPS) is 23.3. The van der Waals surface area contributed by atoms with E-state index < -0.39 is 0 Å². The van der Waals surface area contributed by atoms with E-state index in [4.69, 9.17) is 5.73 Å². The van der Waals surface area contributed by atoms with E-state index in [9.17, 15) is 4.79 Å². The first-order chi connectivity index (χ1) is 9.22. The standard InChI is InChI=1S/C16H22N2O/c17-16(19)15-6-5-13-9-12(3-4-14(13)10-15)11-18-7-1-2-8-18/h3-4,9,15H,1-2,5-8,10-11H2,(H2,17,19)/t15-/m0/s1. The molecule has 1 heterocycles. The minimum absolute atomic E-state index is 0.0388. The Hall–Kier alpha value is -1.35. The summed E-state index contributed by atoms with van der Waals surface area (Å²) in [5.41, 5.74) is 9.58. The number of rotatable bonds is 3. The average Bonchev–Trinajstić information content (AvgIpc) is 2.91. The number of amides is 1. The Morgan fingerprint density at radius 2 is 2.05 bits per heavy atom. The Morgan fingerprint density at radius 3 is 2.79 bits per heavy atom. The van der Waals surface area contributed by atoms with Crippen molar-refractivity contribution in [1.82, 2.24) is 4.90 Å². The smallest absolute Gasteiger partial charge is 0.220 e. The average molecular weight is 258 g/mol. The number of carbonyl (C=O) groups excluding carboxylic acids is 1. The molecule has 1 aromatic carbocycles. The number of aryl methyl sites for hydroxylation is 1. The second-order valence-corrected chi connectivity index (χ2v) is 5.93. The first-order valence-electron chi connectivity index (χ1n) is 7.35. The topological polar surface area (TPSA) is 46.3 Å². The van der Waals surface area contributed by atoms with E-state index in [0.717, 1.165) is 25.8 Å². The zero-order valence-electron chi connectivity index (χ0n) is 11.4. The molecule has 1 aromatic rings. The summed E-state index contributed by atoms with van der Waals surface area (Å²) >= 11 is 0. The van der Waals surface area contributed by atoms with E-state index in [1.54, 1.807) is 0 Å². The fourth-order valence-corrected chi connectivity index (χ4v) is 3.35. The van der Waals surface area contributed by atoms with Crippen molar-refractivity contribution in [2.45, 2.75) is 38.6 Å². The molecule has 19 heavy (non-hydrogen) atoms. The molecule has 1 amide bonds. The largest absolute Gasteiger partial charge is 0.369 e. The van der Waals surface area contributed by atoms with Crippen LogP contribution in [0.2, 0.25) is 0 Å². The number of primary amides is 1. The van der Waals surface area contributed by atoms with Crippen LogP contribution in [0.4, 0.5) is 0 Å². The SMILES string of the molecule is NC(=O)[C@H]1CCc2cc(CN3CCCC3)ccc2C1. The summed E-state index contributed by atoms with van der Waals surface area (Å²) in [4.78, 5) is 13.8. The van der Waals surface area contributed by atoms with Crippen LogP contribution in [0, 0.1) is 5.92 Å². The van der Waals surface area contributed by atoms with Gasteiger partial charge in [0.2, 0.25) is 5.91 Å². The van der Waals surface area contributed by atoms with Crippen LogP contribution in [0.5, 0.6) is 0 Å². The van der Waals surface area contributed by atoms with Crippen LogP contribution in [0.1, 0.15) is 36.0 Å². The summed E-state index contributed by atoms with van der Waals surface area (Å²) < 4.78 is 0. The molecule has 3 rings (SSSR count). The highest BCUT2D eigenvalue weighted by molar-refractivity contribution is 5.77. The zero-order chi connectivity index (χ0) is 13.2. The van der Waals surface area contributed by atoms with Crippen molar-refractivity contribution in [3.05, 3.63) is 34.9 Å². The molecule has 1 aliphatic heterocycles.